The summed E-state index contributed by atoms with van der Waals surface area (Å²) in [5, 5.41) is 7.13. The first-order valence-corrected chi connectivity index (χ1v) is 10.5. The molecule has 1 aliphatic rings. The molecule has 0 atom stereocenters. The molecule has 8 heteroatoms. The second-order valence-corrected chi connectivity index (χ2v) is 7.53. The number of carbonyl (C=O) groups excluding carboxylic acids is 2. The van der Waals surface area contributed by atoms with Crippen LogP contribution in [-0.2, 0) is 9.59 Å². The molecule has 0 bridgehead atoms. The molecule has 0 saturated heterocycles. The summed E-state index contributed by atoms with van der Waals surface area (Å²) in [7, 11) is 1.88. The number of nitrogens with zero attached hydrogens (tertiary/aromatic N) is 2. The number of aliphatic imine (C=N–C) groups is 1. The minimum atomic E-state index is -0.481. The predicted octanol–water partition coefficient (Wildman–Crippen LogP) is 4.45. The molecule has 0 amide bonds. The number of halogens is 2. The lowest BCUT2D eigenvalue weighted by molar-refractivity contribution is -0.0987. The van der Waals surface area contributed by atoms with Gasteiger partial charge in [-0.1, -0.05) is 18.5 Å². The summed E-state index contributed by atoms with van der Waals surface area (Å²) in [6.45, 7) is 13.4. The van der Waals surface area contributed by atoms with Crippen LogP contribution >= 0.6 is 11.6 Å². The molecule has 2 rings (SSSR count). The van der Waals surface area contributed by atoms with Crippen molar-refractivity contribution in [1.82, 2.24) is 10.2 Å². The normalized spacial score (nSPS) is 12.2. The highest BCUT2D eigenvalue weighted by molar-refractivity contribution is 6.31. The average molecular weight is 467 g/mol. The first kappa shape index (κ1) is 31.5. The number of carbonyl (C=O) groups is 2. The Bertz CT molecular complexity index is 774. The molecule has 0 unspecified atom stereocenters. The Kier molecular flexibility index (Phi) is 17.7. The first-order valence-electron chi connectivity index (χ1n) is 10.1. The summed E-state index contributed by atoms with van der Waals surface area (Å²) in [5.74, 6) is 3.30. The van der Waals surface area contributed by atoms with E-state index in [1.165, 1.54) is 0 Å². The molecule has 6 nitrogen and oxygen atoms in total. The molecular formula is C24H36ClFN4O2. The minimum absolute atomic E-state index is 0.380. The van der Waals surface area contributed by atoms with Gasteiger partial charge in [-0.3, -0.25) is 0 Å². The third-order valence-electron chi connectivity index (χ3n) is 4.28. The van der Waals surface area contributed by atoms with Crippen molar-refractivity contribution in [3.63, 3.8) is 0 Å². The smallest absolute Gasteiger partial charge is 0.107 e. The van der Waals surface area contributed by atoms with Gasteiger partial charge < -0.3 is 25.1 Å². The number of hydrogen-bond acceptors (Lipinski definition) is 6. The van der Waals surface area contributed by atoms with Gasteiger partial charge in [0.2, 0.25) is 0 Å². The predicted molar refractivity (Wildman–Crippen MR) is 135 cm³/mol. The summed E-state index contributed by atoms with van der Waals surface area (Å²) in [6.07, 6.45) is 7.58. The Morgan fingerprint density at radius 1 is 1.31 bits per heavy atom. The van der Waals surface area contributed by atoms with Crippen LogP contribution in [0.4, 0.5) is 10.1 Å². The number of amidine groups is 1. The summed E-state index contributed by atoms with van der Waals surface area (Å²) in [5.41, 5.74) is 2.50. The van der Waals surface area contributed by atoms with E-state index >= 15 is 0 Å². The van der Waals surface area contributed by atoms with Crippen LogP contribution in [0, 0.1) is 12.3 Å². The lowest BCUT2D eigenvalue weighted by Crippen LogP contribution is -2.46. The topological polar surface area (TPSA) is 73.8 Å². The van der Waals surface area contributed by atoms with E-state index in [4.69, 9.17) is 26.2 Å². The SMILES string of the molecule is C#CC.C=O.C=O.CCC1=NC(c2ccc(Cl)cc2NC)=CCN1CCNC(C)(C)CF. The van der Waals surface area contributed by atoms with Crippen LogP contribution in [-0.4, -0.2) is 63.2 Å². The summed E-state index contributed by atoms with van der Waals surface area (Å²) < 4.78 is 12.9. The molecule has 0 aliphatic carbocycles. The van der Waals surface area contributed by atoms with Gasteiger partial charge in [-0.05, 0) is 45.0 Å². The Labute approximate surface area is 197 Å². The van der Waals surface area contributed by atoms with Gasteiger partial charge in [0.15, 0.2) is 0 Å². The second-order valence-electron chi connectivity index (χ2n) is 7.09. The number of nitrogens with one attached hydrogen (secondary N) is 2. The Morgan fingerprint density at radius 2 is 1.91 bits per heavy atom. The zero-order chi connectivity index (χ0) is 25.2. The van der Waals surface area contributed by atoms with Gasteiger partial charge in [0, 0.05) is 54.9 Å². The van der Waals surface area contributed by atoms with Crippen LogP contribution in [0.2, 0.25) is 5.02 Å². The summed E-state index contributed by atoms with van der Waals surface area (Å²) in [4.78, 5) is 23.1. The van der Waals surface area contributed by atoms with Gasteiger partial charge in [-0.25, -0.2) is 9.38 Å². The molecule has 1 aromatic carbocycles. The van der Waals surface area contributed by atoms with Gasteiger partial charge in [0.1, 0.15) is 26.1 Å². The highest BCUT2D eigenvalue weighted by atomic mass is 35.5. The van der Waals surface area contributed by atoms with Crippen LogP contribution in [0.1, 0.15) is 39.7 Å². The molecule has 2 N–H and O–H groups in total. The molecule has 0 radical (unpaired) electrons. The molecule has 0 spiro atoms. The third-order valence-corrected chi connectivity index (χ3v) is 4.52. The maximum absolute atomic E-state index is 12.9. The second kappa shape index (κ2) is 17.9. The highest BCUT2D eigenvalue weighted by Gasteiger charge is 2.19. The zero-order valence-electron chi connectivity index (χ0n) is 19.8. The van der Waals surface area contributed by atoms with Crippen molar-refractivity contribution in [3.05, 3.63) is 34.9 Å². The molecular weight excluding hydrogens is 431 g/mol. The van der Waals surface area contributed by atoms with Crippen molar-refractivity contribution in [1.29, 1.82) is 0 Å². The van der Waals surface area contributed by atoms with Crippen LogP contribution < -0.4 is 10.6 Å². The number of benzene rings is 1. The van der Waals surface area contributed by atoms with E-state index in [-0.39, 0.29) is 6.67 Å². The molecule has 0 aromatic heterocycles. The number of terminal acetylenes is 1. The fraction of sp³-hybridized carbons (Fsp3) is 0.458. The monoisotopic (exact) mass is 466 g/mol. The quantitative estimate of drug-likeness (QED) is 0.553. The third kappa shape index (κ3) is 11.1. The van der Waals surface area contributed by atoms with E-state index in [2.05, 4.69) is 40.9 Å². The lowest BCUT2D eigenvalue weighted by atomic mass is 10.1. The van der Waals surface area contributed by atoms with Crippen LogP contribution in [0.25, 0.3) is 5.70 Å². The van der Waals surface area contributed by atoms with E-state index in [0.717, 1.165) is 48.8 Å². The molecule has 1 heterocycles. The highest BCUT2D eigenvalue weighted by Crippen LogP contribution is 2.29. The maximum atomic E-state index is 12.9. The summed E-state index contributed by atoms with van der Waals surface area (Å²) in [6, 6.07) is 5.79. The van der Waals surface area contributed by atoms with Gasteiger partial charge in [-0.2, -0.15) is 0 Å². The van der Waals surface area contributed by atoms with E-state index in [1.54, 1.807) is 6.92 Å². The number of hydrogen-bond donors (Lipinski definition) is 2. The molecule has 32 heavy (non-hydrogen) atoms. The molecule has 178 valence electrons. The standard InChI is InChI=1S/C19H28ClFN4.C3H4.2CH2O/c1-5-18-24-16(15-7-6-14(20)12-17(15)22-4)8-10-25(18)11-9-23-19(2,3)13-21;1-3-2;2*1-2/h6-8,12,22-23H,5,9-11,13H2,1-4H3;1H,2H3;2*1H2. The van der Waals surface area contributed by atoms with Crippen molar-refractivity contribution in [2.75, 3.05) is 38.7 Å². The fourth-order valence-electron chi connectivity index (χ4n) is 2.77. The van der Waals surface area contributed by atoms with Crippen LogP contribution in [0.5, 0.6) is 0 Å². The Morgan fingerprint density at radius 3 is 2.41 bits per heavy atom. The van der Waals surface area contributed by atoms with E-state index in [1.807, 2.05) is 52.7 Å². The van der Waals surface area contributed by atoms with Crippen molar-refractivity contribution < 1.29 is 14.0 Å². The Hall–Kier alpha value is -2.69. The Balaban J connectivity index is 0. The minimum Gasteiger partial charge on any atom is -0.388 e. The summed E-state index contributed by atoms with van der Waals surface area (Å²) >= 11 is 6.08. The zero-order valence-corrected chi connectivity index (χ0v) is 20.6. The molecule has 1 aromatic rings. The van der Waals surface area contributed by atoms with E-state index in [9.17, 15) is 4.39 Å². The maximum Gasteiger partial charge on any atom is 0.107 e. The fourth-order valence-corrected chi connectivity index (χ4v) is 2.95. The van der Waals surface area contributed by atoms with Crippen molar-refractivity contribution in [2.45, 2.75) is 39.7 Å². The number of rotatable bonds is 8. The van der Waals surface area contributed by atoms with Gasteiger partial charge in [0.05, 0.1) is 5.70 Å². The van der Waals surface area contributed by atoms with E-state index < -0.39 is 5.54 Å². The number of anilines is 1. The van der Waals surface area contributed by atoms with Crippen LogP contribution in [0.15, 0.2) is 29.3 Å². The van der Waals surface area contributed by atoms with Crippen LogP contribution in [0.3, 0.4) is 0 Å². The molecule has 0 fully saturated rings. The first-order chi connectivity index (χ1) is 15.3. The van der Waals surface area contributed by atoms with Gasteiger partial charge in [0.25, 0.3) is 0 Å². The van der Waals surface area contributed by atoms with Gasteiger partial charge >= 0.3 is 0 Å². The molecule has 1 aliphatic heterocycles. The van der Waals surface area contributed by atoms with Crippen molar-refractivity contribution in [3.8, 4) is 12.3 Å². The van der Waals surface area contributed by atoms with Crippen molar-refractivity contribution >= 4 is 42.4 Å². The van der Waals surface area contributed by atoms with Crippen molar-refractivity contribution in [2.24, 2.45) is 4.99 Å². The lowest BCUT2D eigenvalue weighted by Gasteiger charge is -2.30. The average Bonchev–Trinajstić information content (AvgIpc) is 2.82. The number of alkyl halides is 1. The van der Waals surface area contributed by atoms with Gasteiger partial charge in [-0.15, -0.1) is 12.3 Å². The van der Waals surface area contributed by atoms with E-state index in [0.29, 0.717) is 5.02 Å². The molecule has 0 saturated carbocycles. The largest absolute Gasteiger partial charge is 0.388 e.